The molecular formula is C32H48O9. The van der Waals surface area contributed by atoms with E-state index in [9.17, 15) is 19.2 Å². The summed E-state index contributed by atoms with van der Waals surface area (Å²) in [6.45, 7) is 24.9. The fraction of sp³-hybridized carbons (Fsp3) is 0.375. The number of benzene rings is 1. The second kappa shape index (κ2) is 33.8. The average molecular weight is 577 g/mol. The molecule has 9 nitrogen and oxygen atoms in total. The maximum Gasteiger partial charge on any atom is 0.333 e. The largest absolute Gasteiger partial charge is 0.478 e. The summed E-state index contributed by atoms with van der Waals surface area (Å²) in [5, 5.41) is 15.8. The molecule has 0 aromatic heterocycles. The van der Waals surface area contributed by atoms with Gasteiger partial charge in [0.1, 0.15) is 6.61 Å². The topological polar surface area (TPSA) is 136 Å². The highest BCUT2D eigenvalue weighted by molar-refractivity contribution is 5.87. The Morgan fingerprint density at radius 3 is 1.46 bits per heavy atom. The molecule has 230 valence electrons. The Morgan fingerprint density at radius 1 is 0.756 bits per heavy atom. The summed E-state index contributed by atoms with van der Waals surface area (Å²) in [7, 11) is 0. The standard InChI is InChI=1S/C8H14O2.C8H8.C7H12O2.C6H10O3.C3H4O2/c1-4-5-6-10-8(9)7(2)3;1-2-8-6-4-3-5-7-8;1-3-5-6-9-7(8)4-2;1-5(2)6(8)9-4-3-7;1-2-3(4)5/h2,4-6H2,1,3H3;2-7H,1H2;4H,2-3,5-6H2,1H3;7H,1,3-4H2,2H3;2H,1H2,(H,4,5). The smallest absolute Gasteiger partial charge is 0.333 e. The molecule has 0 amide bonds. The van der Waals surface area contributed by atoms with Crippen molar-refractivity contribution in [2.75, 3.05) is 26.4 Å². The van der Waals surface area contributed by atoms with Crippen molar-refractivity contribution in [3.05, 3.63) is 92.1 Å². The zero-order chi connectivity index (χ0) is 32.5. The van der Waals surface area contributed by atoms with Crippen LogP contribution in [-0.2, 0) is 33.4 Å². The number of carbonyl (C=O) groups is 4. The summed E-state index contributed by atoms with van der Waals surface area (Å²) in [5.41, 5.74) is 1.99. The van der Waals surface area contributed by atoms with Crippen molar-refractivity contribution in [2.24, 2.45) is 0 Å². The molecule has 0 spiro atoms. The van der Waals surface area contributed by atoms with Crippen molar-refractivity contribution in [1.29, 1.82) is 0 Å². The highest BCUT2D eigenvalue weighted by atomic mass is 16.5. The van der Waals surface area contributed by atoms with E-state index >= 15 is 0 Å². The first-order valence-corrected chi connectivity index (χ1v) is 13.0. The molecule has 0 aliphatic heterocycles. The number of rotatable bonds is 13. The number of esters is 3. The Kier molecular flexibility index (Phi) is 36.1. The molecule has 41 heavy (non-hydrogen) atoms. The molecule has 0 unspecified atom stereocenters. The molecule has 0 saturated heterocycles. The lowest BCUT2D eigenvalue weighted by atomic mass is 10.2. The summed E-state index contributed by atoms with van der Waals surface area (Å²) in [6.07, 6.45) is 7.79. The first-order valence-electron chi connectivity index (χ1n) is 13.0. The first-order chi connectivity index (χ1) is 19.4. The van der Waals surface area contributed by atoms with Gasteiger partial charge in [-0.25, -0.2) is 19.2 Å². The van der Waals surface area contributed by atoms with Gasteiger partial charge in [0, 0.05) is 23.3 Å². The van der Waals surface area contributed by atoms with Gasteiger partial charge >= 0.3 is 23.9 Å². The lowest BCUT2D eigenvalue weighted by Crippen LogP contribution is -2.08. The van der Waals surface area contributed by atoms with Crippen LogP contribution in [0, 0.1) is 0 Å². The molecular weight excluding hydrogens is 528 g/mol. The molecule has 0 atom stereocenters. The predicted octanol–water partition coefficient (Wildman–Crippen LogP) is 6.11. The molecule has 0 saturated carbocycles. The SMILES string of the molecule is C=C(C)C(=O)OCCCC.C=C(C)C(=O)OCCO.C=CC(=O)O.C=CC(=O)OCCCC.C=Cc1ccccc1. The number of aliphatic hydroxyl groups is 1. The van der Waals surface area contributed by atoms with Crippen LogP contribution in [-0.4, -0.2) is 60.5 Å². The number of carbonyl (C=O) groups excluding carboxylic acids is 3. The number of unbranched alkanes of at least 4 members (excludes halogenated alkanes) is 2. The maximum atomic E-state index is 10.7. The molecule has 1 aromatic carbocycles. The molecule has 1 rings (SSSR count). The quantitative estimate of drug-likeness (QED) is 0.123. The predicted molar refractivity (Wildman–Crippen MR) is 164 cm³/mol. The second-order valence-electron chi connectivity index (χ2n) is 7.79. The highest BCUT2D eigenvalue weighted by Crippen LogP contribution is 1.97. The Balaban J connectivity index is -0.000000212. The molecule has 1 aromatic rings. The Bertz CT molecular complexity index is 901. The van der Waals surface area contributed by atoms with Crippen LogP contribution < -0.4 is 0 Å². The highest BCUT2D eigenvalue weighted by Gasteiger charge is 2.00. The minimum absolute atomic E-state index is 0.0473. The molecule has 9 heteroatoms. The van der Waals surface area contributed by atoms with E-state index in [1.807, 2.05) is 43.3 Å². The minimum Gasteiger partial charge on any atom is -0.478 e. The summed E-state index contributed by atoms with van der Waals surface area (Å²) in [5.74, 6) is -2.05. The van der Waals surface area contributed by atoms with E-state index in [1.165, 1.54) is 11.6 Å². The third-order valence-corrected chi connectivity index (χ3v) is 3.87. The molecule has 0 bridgehead atoms. The Hall–Kier alpha value is -4.24. The minimum atomic E-state index is -0.981. The number of carboxylic acids is 1. The number of ether oxygens (including phenoxy) is 3. The number of hydrogen-bond donors (Lipinski definition) is 2. The van der Waals surface area contributed by atoms with Crippen molar-refractivity contribution in [1.82, 2.24) is 0 Å². The number of carboxylic acid groups (broad SMARTS) is 1. The van der Waals surface area contributed by atoms with E-state index in [0.717, 1.165) is 31.8 Å². The zero-order valence-corrected chi connectivity index (χ0v) is 25.1. The van der Waals surface area contributed by atoms with Crippen LogP contribution in [0.2, 0.25) is 0 Å². The van der Waals surface area contributed by atoms with Crippen molar-refractivity contribution in [3.8, 4) is 0 Å². The summed E-state index contributed by atoms with van der Waals surface area (Å²) >= 11 is 0. The van der Waals surface area contributed by atoms with Gasteiger partial charge in [-0.15, -0.1) is 0 Å². The summed E-state index contributed by atoms with van der Waals surface area (Å²) in [6, 6.07) is 10.0. The van der Waals surface area contributed by atoms with Gasteiger partial charge in [0.15, 0.2) is 0 Å². The summed E-state index contributed by atoms with van der Waals surface area (Å²) < 4.78 is 13.9. The second-order valence-corrected chi connectivity index (χ2v) is 7.79. The fourth-order valence-corrected chi connectivity index (χ4v) is 1.66. The lowest BCUT2D eigenvalue weighted by molar-refractivity contribution is -0.140. The average Bonchev–Trinajstić information content (AvgIpc) is 2.97. The van der Waals surface area contributed by atoms with Crippen molar-refractivity contribution in [2.45, 2.75) is 53.4 Å². The van der Waals surface area contributed by atoms with E-state index in [0.29, 0.717) is 24.4 Å². The van der Waals surface area contributed by atoms with Crippen LogP contribution in [0.25, 0.3) is 6.08 Å². The van der Waals surface area contributed by atoms with Crippen molar-refractivity contribution >= 4 is 30.0 Å². The third kappa shape index (κ3) is 40.4. The van der Waals surface area contributed by atoms with Gasteiger partial charge in [-0.2, -0.15) is 0 Å². The van der Waals surface area contributed by atoms with Gasteiger partial charge in [0.05, 0.1) is 19.8 Å². The van der Waals surface area contributed by atoms with Crippen molar-refractivity contribution < 1.29 is 43.6 Å². The van der Waals surface area contributed by atoms with Crippen LogP contribution in [0.5, 0.6) is 0 Å². The van der Waals surface area contributed by atoms with Crippen LogP contribution in [0.3, 0.4) is 0 Å². The zero-order valence-electron chi connectivity index (χ0n) is 25.1. The molecule has 0 heterocycles. The summed E-state index contributed by atoms with van der Waals surface area (Å²) in [4.78, 5) is 40.8. The molecule has 0 radical (unpaired) electrons. The van der Waals surface area contributed by atoms with Gasteiger partial charge in [0.25, 0.3) is 0 Å². The van der Waals surface area contributed by atoms with Crippen LogP contribution in [0.4, 0.5) is 0 Å². The number of aliphatic hydroxyl groups excluding tert-OH is 1. The van der Waals surface area contributed by atoms with Crippen LogP contribution in [0.1, 0.15) is 58.9 Å². The van der Waals surface area contributed by atoms with Gasteiger partial charge in [-0.1, -0.05) is 96.0 Å². The van der Waals surface area contributed by atoms with E-state index < -0.39 is 11.9 Å². The normalized spacial score (nSPS) is 8.41. The molecule has 0 aliphatic carbocycles. The van der Waals surface area contributed by atoms with Gasteiger partial charge in [-0.3, -0.25) is 0 Å². The molecule has 0 fully saturated rings. The lowest BCUT2D eigenvalue weighted by Gasteiger charge is -2.01. The van der Waals surface area contributed by atoms with E-state index in [2.05, 4.69) is 49.3 Å². The van der Waals surface area contributed by atoms with E-state index in [-0.39, 0.29) is 25.2 Å². The van der Waals surface area contributed by atoms with Gasteiger partial charge in [-0.05, 0) is 32.3 Å². The van der Waals surface area contributed by atoms with Gasteiger partial charge < -0.3 is 24.4 Å². The third-order valence-electron chi connectivity index (χ3n) is 3.87. The Labute approximate surface area is 245 Å². The fourth-order valence-electron chi connectivity index (χ4n) is 1.66. The van der Waals surface area contributed by atoms with E-state index in [1.54, 1.807) is 13.8 Å². The van der Waals surface area contributed by atoms with Crippen molar-refractivity contribution in [3.63, 3.8) is 0 Å². The maximum absolute atomic E-state index is 10.7. The van der Waals surface area contributed by atoms with Gasteiger partial charge in [0.2, 0.25) is 0 Å². The van der Waals surface area contributed by atoms with Crippen LogP contribution >= 0.6 is 0 Å². The van der Waals surface area contributed by atoms with Crippen LogP contribution in [0.15, 0.2) is 86.5 Å². The Morgan fingerprint density at radius 2 is 1.17 bits per heavy atom. The number of hydrogen-bond acceptors (Lipinski definition) is 8. The molecule has 0 aliphatic rings. The monoisotopic (exact) mass is 576 g/mol. The van der Waals surface area contributed by atoms with E-state index in [4.69, 9.17) is 14.9 Å². The number of aliphatic carboxylic acids is 1. The molecule has 2 N–H and O–H groups in total. The first kappa shape index (κ1) is 43.8.